The molecule has 2 aromatic carbocycles. The first-order chi connectivity index (χ1) is 9.75. The minimum Gasteiger partial charge on any atom is -0.504 e. The van der Waals surface area contributed by atoms with Gasteiger partial charge in [0.25, 0.3) is 0 Å². The molecule has 4 heteroatoms. The fourth-order valence-corrected chi connectivity index (χ4v) is 1.82. The van der Waals surface area contributed by atoms with Crippen molar-refractivity contribution in [3.63, 3.8) is 0 Å². The van der Waals surface area contributed by atoms with E-state index in [1.165, 1.54) is 6.07 Å². The SMILES string of the molecule is Oc1ccc(CNCCCOc2ccccc2)cc1O. The summed E-state index contributed by atoms with van der Waals surface area (Å²) in [6.45, 7) is 2.14. The molecule has 0 aliphatic carbocycles. The first kappa shape index (κ1) is 14.2. The second-order valence-corrected chi connectivity index (χ2v) is 4.51. The standard InChI is InChI=1S/C16H19NO3/c18-15-8-7-13(11-16(15)19)12-17-9-4-10-20-14-5-2-1-3-6-14/h1-3,5-8,11,17-19H,4,9-10,12H2. The monoisotopic (exact) mass is 273 g/mol. The highest BCUT2D eigenvalue weighted by atomic mass is 16.5. The van der Waals surface area contributed by atoms with Crippen molar-refractivity contribution >= 4 is 0 Å². The molecule has 2 aromatic rings. The van der Waals surface area contributed by atoms with Crippen LogP contribution in [-0.2, 0) is 6.54 Å². The number of ether oxygens (including phenoxy) is 1. The van der Waals surface area contributed by atoms with Crippen molar-refractivity contribution in [1.29, 1.82) is 0 Å². The van der Waals surface area contributed by atoms with E-state index in [0.29, 0.717) is 13.2 Å². The van der Waals surface area contributed by atoms with Crippen molar-refractivity contribution < 1.29 is 14.9 Å². The molecule has 0 aliphatic rings. The molecule has 0 aromatic heterocycles. The molecule has 0 bridgehead atoms. The smallest absolute Gasteiger partial charge is 0.157 e. The van der Waals surface area contributed by atoms with Crippen LogP contribution in [0.4, 0.5) is 0 Å². The van der Waals surface area contributed by atoms with Crippen molar-refractivity contribution in [2.75, 3.05) is 13.2 Å². The van der Waals surface area contributed by atoms with Crippen LogP contribution in [0.3, 0.4) is 0 Å². The zero-order chi connectivity index (χ0) is 14.2. The minimum atomic E-state index is -0.0926. The Morgan fingerprint density at radius 2 is 1.75 bits per heavy atom. The number of para-hydroxylation sites is 1. The zero-order valence-corrected chi connectivity index (χ0v) is 11.2. The molecule has 0 fully saturated rings. The fraction of sp³-hybridized carbons (Fsp3) is 0.250. The predicted molar refractivity (Wildman–Crippen MR) is 78.0 cm³/mol. The molecule has 106 valence electrons. The molecule has 0 saturated heterocycles. The van der Waals surface area contributed by atoms with Crippen molar-refractivity contribution in [2.45, 2.75) is 13.0 Å². The lowest BCUT2D eigenvalue weighted by Gasteiger charge is -2.08. The molecule has 0 spiro atoms. The van der Waals surface area contributed by atoms with Crippen LogP contribution in [0.5, 0.6) is 17.2 Å². The van der Waals surface area contributed by atoms with Gasteiger partial charge in [0.2, 0.25) is 0 Å². The van der Waals surface area contributed by atoms with Crippen LogP contribution in [0.2, 0.25) is 0 Å². The van der Waals surface area contributed by atoms with Gasteiger partial charge in [-0.3, -0.25) is 0 Å². The van der Waals surface area contributed by atoms with Crippen molar-refractivity contribution in [3.8, 4) is 17.2 Å². The molecule has 0 aliphatic heterocycles. The summed E-state index contributed by atoms with van der Waals surface area (Å²) in [6, 6.07) is 14.6. The van der Waals surface area contributed by atoms with Gasteiger partial charge in [0.05, 0.1) is 6.61 Å². The lowest BCUT2D eigenvalue weighted by molar-refractivity contribution is 0.308. The molecular weight excluding hydrogens is 254 g/mol. The van der Waals surface area contributed by atoms with E-state index in [4.69, 9.17) is 4.74 Å². The van der Waals surface area contributed by atoms with E-state index in [0.717, 1.165) is 24.3 Å². The number of hydrogen-bond donors (Lipinski definition) is 3. The fourth-order valence-electron chi connectivity index (χ4n) is 1.82. The van der Waals surface area contributed by atoms with Crippen LogP contribution in [0.1, 0.15) is 12.0 Å². The molecule has 0 saturated carbocycles. The highest BCUT2D eigenvalue weighted by Gasteiger charge is 2.00. The lowest BCUT2D eigenvalue weighted by atomic mass is 10.2. The Hall–Kier alpha value is -2.20. The largest absolute Gasteiger partial charge is 0.504 e. The molecule has 0 atom stereocenters. The van der Waals surface area contributed by atoms with Crippen molar-refractivity contribution in [2.24, 2.45) is 0 Å². The summed E-state index contributed by atoms with van der Waals surface area (Å²) in [6.07, 6.45) is 0.902. The summed E-state index contributed by atoms with van der Waals surface area (Å²) in [5, 5.41) is 21.8. The number of benzene rings is 2. The highest BCUT2D eigenvalue weighted by Crippen LogP contribution is 2.24. The van der Waals surface area contributed by atoms with E-state index in [1.54, 1.807) is 12.1 Å². The van der Waals surface area contributed by atoms with Gasteiger partial charge in [0, 0.05) is 6.54 Å². The van der Waals surface area contributed by atoms with Gasteiger partial charge >= 0.3 is 0 Å². The van der Waals surface area contributed by atoms with E-state index in [-0.39, 0.29) is 11.5 Å². The van der Waals surface area contributed by atoms with Crippen LogP contribution in [-0.4, -0.2) is 23.4 Å². The Morgan fingerprint density at radius 1 is 0.950 bits per heavy atom. The third kappa shape index (κ3) is 4.48. The summed E-state index contributed by atoms with van der Waals surface area (Å²) in [7, 11) is 0. The maximum atomic E-state index is 9.37. The Kier molecular flexibility index (Phi) is 5.26. The Labute approximate surface area is 118 Å². The van der Waals surface area contributed by atoms with E-state index in [9.17, 15) is 10.2 Å². The second kappa shape index (κ2) is 7.40. The molecule has 0 radical (unpaired) electrons. The number of phenols is 2. The average Bonchev–Trinajstić information content (AvgIpc) is 2.47. The lowest BCUT2D eigenvalue weighted by Crippen LogP contribution is -2.16. The molecule has 2 rings (SSSR count). The predicted octanol–water partition coefficient (Wildman–Crippen LogP) is 2.66. The van der Waals surface area contributed by atoms with Crippen LogP contribution >= 0.6 is 0 Å². The first-order valence-corrected chi connectivity index (χ1v) is 6.65. The molecule has 0 heterocycles. The van der Waals surface area contributed by atoms with Crippen LogP contribution in [0.15, 0.2) is 48.5 Å². The van der Waals surface area contributed by atoms with E-state index in [2.05, 4.69) is 5.32 Å². The molecule has 0 unspecified atom stereocenters. The van der Waals surface area contributed by atoms with E-state index >= 15 is 0 Å². The Bertz CT molecular complexity index is 529. The van der Waals surface area contributed by atoms with Crippen LogP contribution < -0.4 is 10.1 Å². The maximum Gasteiger partial charge on any atom is 0.157 e. The third-order valence-electron chi connectivity index (χ3n) is 2.88. The van der Waals surface area contributed by atoms with Crippen LogP contribution in [0.25, 0.3) is 0 Å². The molecule has 20 heavy (non-hydrogen) atoms. The molecule has 3 N–H and O–H groups in total. The summed E-state index contributed by atoms with van der Waals surface area (Å²) in [5.74, 6) is 0.706. The number of phenolic OH excluding ortho intramolecular Hbond substituents is 2. The Balaban J connectivity index is 1.61. The van der Waals surface area contributed by atoms with E-state index < -0.39 is 0 Å². The van der Waals surface area contributed by atoms with Gasteiger partial charge in [-0.15, -0.1) is 0 Å². The number of aromatic hydroxyl groups is 2. The summed E-state index contributed by atoms with van der Waals surface area (Å²) < 4.78 is 5.58. The average molecular weight is 273 g/mol. The summed E-state index contributed by atoms with van der Waals surface area (Å²) in [4.78, 5) is 0. The number of nitrogens with one attached hydrogen (secondary N) is 1. The van der Waals surface area contributed by atoms with Gasteiger partial charge in [-0.2, -0.15) is 0 Å². The van der Waals surface area contributed by atoms with E-state index in [1.807, 2.05) is 30.3 Å². The summed E-state index contributed by atoms with van der Waals surface area (Å²) in [5.41, 5.74) is 0.935. The highest BCUT2D eigenvalue weighted by molar-refractivity contribution is 5.40. The normalized spacial score (nSPS) is 10.4. The molecular formula is C16H19NO3. The van der Waals surface area contributed by atoms with Gasteiger partial charge in [0.15, 0.2) is 11.5 Å². The second-order valence-electron chi connectivity index (χ2n) is 4.51. The Morgan fingerprint density at radius 3 is 2.50 bits per heavy atom. The third-order valence-corrected chi connectivity index (χ3v) is 2.88. The van der Waals surface area contributed by atoms with Crippen LogP contribution in [0, 0.1) is 0 Å². The van der Waals surface area contributed by atoms with Gasteiger partial charge < -0.3 is 20.3 Å². The first-order valence-electron chi connectivity index (χ1n) is 6.65. The maximum absolute atomic E-state index is 9.37. The van der Waals surface area contributed by atoms with Gasteiger partial charge in [-0.25, -0.2) is 0 Å². The number of rotatable bonds is 7. The summed E-state index contributed by atoms with van der Waals surface area (Å²) >= 11 is 0. The molecule has 0 amide bonds. The van der Waals surface area contributed by atoms with Gasteiger partial charge in [-0.05, 0) is 42.8 Å². The quantitative estimate of drug-likeness (QED) is 0.536. The zero-order valence-electron chi connectivity index (χ0n) is 11.2. The number of hydrogen-bond acceptors (Lipinski definition) is 4. The van der Waals surface area contributed by atoms with Crippen molar-refractivity contribution in [3.05, 3.63) is 54.1 Å². The van der Waals surface area contributed by atoms with Gasteiger partial charge in [0.1, 0.15) is 5.75 Å². The topological polar surface area (TPSA) is 61.7 Å². The van der Waals surface area contributed by atoms with Crippen molar-refractivity contribution in [1.82, 2.24) is 5.32 Å². The van der Waals surface area contributed by atoms with Gasteiger partial charge in [-0.1, -0.05) is 24.3 Å². The minimum absolute atomic E-state index is 0.0864. The molecule has 4 nitrogen and oxygen atoms in total.